The Kier molecular flexibility index (Phi) is 9.99. The van der Waals surface area contributed by atoms with Gasteiger partial charge in [-0.2, -0.15) is 0 Å². The van der Waals surface area contributed by atoms with Crippen LogP contribution >= 0.6 is 24.0 Å². The van der Waals surface area contributed by atoms with E-state index >= 15 is 0 Å². The molecule has 33 heavy (non-hydrogen) atoms. The molecule has 1 fully saturated rings. The van der Waals surface area contributed by atoms with E-state index in [1.807, 2.05) is 6.07 Å². The van der Waals surface area contributed by atoms with Crippen molar-refractivity contribution in [2.75, 3.05) is 26.2 Å². The maximum atomic E-state index is 4.85. The molecule has 1 aromatic heterocycles. The van der Waals surface area contributed by atoms with Crippen molar-refractivity contribution in [2.24, 2.45) is 4.99 Å². The molecule has 0 spiro atoms. The summed E-state index contributed by atoms with van der Waals surface area (Å²) < 4.78 is 2.30. The van der Waals surface area contributed by atoms with E-state index in [1.165, 1.54) is 11.1 Å². The minimum absolute atomic E-state index is 0. The van der Waals surface area contributed by atoms with Gasteiger partial charge in [-0.1, -0.05) is 42.5 Å². The molecule has 0 bridgehead atoms. The van der Waals surface area contributed by atoms with Crippen LogP contribution in [0.25, 0.3) is 11.0 Å². The van der Waals surface area contributed by atoms with E-state index in [2.05, 4.69) is 87.5 Å². The number of nitrogens with one attached hydrogen (secondary N) is 2. The third kappa shape index (κ3) is 7.17. The molecule has 2 N–H and O–H groups in total. The molecule has 0 unspecified atom stereocenters. The Morgan fingerprint density at radius 1 is 1.06 bits per heavy atom. The second-order valence-electron chi connectivity index (χ2n) is 8.59. The Morgan fingerprint density at radius 3 is 2.55 bits per heavy atom. The average molecular weight is 561 g/mol. The highest BCUT2D eigenvalue weighted by Gasteiger charge is 2.20. The van der Waals surface area contributed by atoms with Gasteiger partial charge in [0.25, 0.3) is 0 Å². The first-order valence-corrected chi connectivity index (χ1v) is 12.0. The van der Waals surface area contributed by atoms with Crippen molar-refractivity contribution in [3.63, 3.8) is 0 Å². The molecule has 0 atom stereocenters. The van der Waals surface area contributed by atoms with E-state index in [0.29, 0.717) is 6.04 Å². The highest BCUT2D eigenvalue weighted by molar-refractivity contribution is 14.0. The van der Waals surface area contributed by atoms with Crippen LogP contribution in [0.15, 0.2) is 59.6 Å². The number of hydrogen-bond acceptors (Lipinski definition) is 3. The molecule has 4 rings (SSSR count). The lowest BCUT2D eigenvalue weighted by Crippen LogP contribution is -2.48. The lowest BCUT2D eigenvalue weighted by atomic mass is 10.0. The Morgan fingerprint density at radius 2 is 1.79 bits per heavy atom. The van der Waals surface area contributed by atoms with Crippen molar-refractivity contribution in [3.05, 3.63) is 66.0 Å². The van der Waals surface area contributed by atoms with E-state index in [-0.39, 0.29) is 24.0 Å². The molecule has 2 aromatic carbocycles. The van der Waals surface area contributed by atoms with Crippen LogP contribution in [0.4, 0.5) is 0 Å². The molecule has 1 saturated heterocycles. The molecule has 0 aliphatic carbocycles. The van der Waals surface area contributed by atoms with Gasteiger partial charge in [0.15, 0.2) is 5.96 Å². The number of imidazole rings is 1. The molecule has 3 aromatic rings. The van der Waals surface area contributed by atoms with Gasteiger partial charge >= 0.3 is 0 Å². The van der Waals surface area contributed by atoms with Crippen molar-refractivity contribution >= 4 is 41.0 Å². The molecule has 0 saturated carbocycles. The molecule has 1 aliphatic heterocycles. The lowest BCUT2D eigenvalue weighted by molar-refractivity contribution is 0.198. The first-order valence-electron chi connectivity index (χ1n) is 12.0. The molecule has 2 heterocycles. The normalized spacial score (nSPS) is 15.4. The number of halogens is 1. The minimum atomic E-state index is 0. The number of aromatic nitrogens is 2. The fourth-order valence-corrected chi connectivity index (χ4v) is 4.49. The zero-order chi connectivity index (χ0) is 22.2. The zero-order valence-corrected chi connectivity index (χ0v) is 22.2. The molecular weight excluding hydrogens is 523 g/mol. The summed E-state index contributed by atoms with van der Waals surface area (Å²) in [6, 6.07) is 19.6. The number of hydrogen-bond donors (Lipinski definition) is 2. The van der Waals surface area contributed by atoms with Crippen molar-refractivity contribution in [1.29, 1.82) is 0 Å². The van der Waals surface area contributed by atoms with Crippen LogP contribution in [-0.2, 0) is 13.1 Å². The molecule has 7 heteroatoms. The van der Waals surface area contributed by atoms with Crippen LogP contribution in [0.2, 0.25) is 0 Å². The maximum Gasteiger partial charge on any atom is 0.191 e. The van der Waals surface area contributed by atoms with Gasteiger partial charge in [0.2, 0.25) is 0 Å². The van der Waals surface area contributed by atoms with E-state index in [4.69, 9.17) is 4.99 Å². The van der Waals surface area contributed by atoms with E-state index in [0.717, 1.165) is 75.8 Å². The van der Waals surface area contributed by atoms with Gasteiger partial charge in [-0.25, -0.2) is 4.98 Å². The van der Waals surface area contributed by atoms with E-state index in [9.17, 15) is 0 Å². The van der Waals surface area contributed by atoms with Gasteiger partial charge in [0, 0.05) is 45.3 Å². The van der Waals surface area contributed by atoms with Crippen molar-refractivity contribution in [2.45, 2.75) is 52.2 Å². The van der Waals surface area contributed by atoms with Gasteiger partial charge in [0.05, 0.1) is 11.0 Å². The van der Waals surface area contributed by atoms with Crippen LogP contribution in [0.5, 0.6) is 0 Å². The molecule has 6 nitrogen and oxygen atoms in total. The monoisotopic (exact) mass is 560 g/mol. The third-order valence-corrected chi connectivity index (χ3v) is 6.18. The highest BCUT2D eigenvalue weighted by Crippen LogP contribution is 2.16. The summed E-state index contributed by atoms with van der Waals surface area (Å²) in [7, 11) is 0. The lowest BCUT2D eigenvalue weighted by Gasteiger charge is -2.33. The maximum absolute atomic E-state index is 4.85. The smallest absolute Gasteiger partial charge is 0.191 e. The summed E-state index contributed by atoms with van der Waals surface area (Å²) in [5.74, 6) is 2.02. The second kappa shape index (κ2) is 12.9. The number of likely N-dealkylation sites (tertiary alicyclic amines) is 1. The number of piperidine rings is 1. The number of para-hydroxylation sites is 2. The second-order valence-corrected chi connectivity index (χ2v) is 8.59. The summed E-state index contributed by atoms with van der Waals surface area (Å²) in [6.45, 7) is 10.1. The molecule has 0 radical (unpaired) electrons. The fourth-order valence-electron chi connectivity index (χ4n) is 4.49. The number of benzene rings is 2. The van der Waals surface area contributed by atoms with Crippen LogP contribution in [0.1, 0.15) is 37.6 Å². The van der Waals surface area contributed by atoms with Crippen LogP contribution < -0.4 is 10.6 Å². The van der Waals surface area contributed by atoms with Crippen LogP contribution in [-0.4, -0.2) is 52.6 Å². The summed E-state index contributed by atoms with van der Waals surface area (Å²) in [4.78, 5) is 12.1. The quantitative estimate of drug-likeness (QED) is 0.184. The fraction of sp³-hybridized carbons (Fsp3) is 0.462. The highest BCUT2D eigenvalue weighted by atomic mass is 127. The van der Waals surface area contributed by atoms with Crippen LogP contribution in [0, 0.1) is 6.92 Å². The molecule has 178 valence electrons. The number of rotatable bonds is 8. The predicted molar refractivity (Wildman–Crippen MR) is 148 cm³/mol. The largest absolute Gasteiger partial charge is 0.357 e. The first-order chi connectivity index (χ1) is 15.7. The number of nitrogens with zero attached hydrogens (tertiary/aromatic N) is 4. The molecule has 0 amide bonds. The summed E-state index contributed by atoms with van der Waals surface area (Å²) in [5, 5.41) is 7.09. The minimum Gasteiger partial charge on any atom is -0.357 e. The first kappa shape index (κ1) is 25.5. The Hall–Kier alpha value is -2.13. The van der Waals surface area contributed by atoms with Crippen LogP contribution in [0.3, 0.4) is 0 Å². The number of aliphatic imine (C=N–C) groups is 1. The Balaban J connectivity index is 0.00000306. The van der Waals surface area contributed by atoms with E-state index < -0.39 is 0 Å². The number of aryl methyl sites for hydroxylation is 2. The Labute approximate surface area is 214 Å². The van der Waals surface area contributed by atoms with Gasteiger partial charge in [-0.05, 0) is 50.8 Å². The van der Waals surface area contributed by atoms with Gasteiger partial charge in [0.1, 0.15) is 5.82 Å². The Bertz CT molecular complexity index is 1010. The van der Waals surface area contributed by atoms with Crippen molar-refractivity contribution in [3.8, 4) is 0 Å². The van der Waals surface area contributed by atoms with Gasteiger partial charge in [-0.15, -0.1) is 24.0 Å². The third-order valence-electron chi connectivity index (χ3n) is 6.18. The number of fused-ring (bicyclic) bond motifs is 1. The zero-order valence-electron chi connectivity index (χ0n) is 19.8. The van der Waals surface area contributed by atoms with Crippen molar-refractivity contribution < 1.29 is 0 Å². The number of guanidine groups is 1. The molecular formula is C26H37IN6. The summed E-state index contributed by atoms with van der Waals surface area (Å²) in [5.41, 5.74) is 3.68. The van der Waals surface area contributed by atoms with Gasteiger partial charge in [-0.3, -0.25) is 9.89 Å². The summed E-state index contributed by atoms with van der Waals surface area (Å²) in [6.07, 6.45) is 3.29. The van der Waals surface area contributed by atoms with Crippen molar-refractivity contribution in [1.82, 2.24) is 25.1 Å². The SMILES string of the molecule is CCNC(=NCCCn1c(C)nc2ccccc21)NC1CCN(Cc2ccccc2)CC1.I. The molecule has 1 aliphatic rings. The van der Waals surface area contributed by atoms with E-state index in [1.54, 1.807) is 0 Å². The topological polar surface area (TPSA) is 57.5 Å². The average Bonchev–Trinajstić information content (AvgIpc) is 3.13. The standard InChI is InChI=1S/C26H36N6.HI/c1-3-27-26(28-16-9-17-32-21(2)29-24-12-7-8-13-25(24)32)30-23-14-18-31(19-15-23)20-22-10-5-4-6-11-22;/h4-8,10-13,23H,3,9,14-20H2,1-2H3,(H2,27,28,30);1H. The summed E-state index contributed by atoms with van der Waals surface area (Å²) >= 11 is 0. The predicted octanol–water partition coefficient (Wildman–Crippen LogP) is 4.57. The van der Waals surface area contributed by atoms with Gasteiger partial charge < -0.3 is 15.2 Å².